The van der Waals surface area contributed by atoms with Gasteiger partial charge in [-0.25, -0.2) is 10.0 Å². The standard InChI is InChI=1S/C19H27N3O/c1-13-8-9-14(2)16(10-13)17-11-15(21(6)7)12-18(20-17)22(23)19(3,4)5/h8-12,23H,1-7H3. The molecule has 0 unspecified atom stereocenters. The number of anilines is 2. The third-order valence-electron chi connectivity index (χ3n) is 3.83. The number of nitrogens with zero attached hydrogens (tertiary/aromatic N) is 3. The van der Waals surface area contributed by atoms with Crippen LogP contribution >= 0.6 is 0 Å². The summed E-state index contributed by atoms with van der Waals surface area (Å²) in [7, 11) is 3.98. The molecule has 0 aliphatic heterocycles. The normalized spacial score (nSPS) is 11.5. The number of hydroxylamine groups is 1. The Bertz CT molecular complexity index is 702. The lowest BCUT2D eigenvalue weighted by Crippen LogP contribution is -2.39. The molecular weight excluding hydrogens is 286 g/mol. The lowest BCUT2D eigenvalue weighted by atomic mass is 10.0. The molecule has 1 N–H and O–H groups in total. The van der Waals surface area contributed by atoms with Crippen molar-refractivity contribution in [2.24, 2.45) is 0 Å². The number of aryl methyl sites for hydroxylation is 2. The molecule has 0 aliphatic carbocycles. The van der Waals surface area contributed by atoms with Crippen molar-refractivity contribution in [1.82, 2.24) is 4.98 Å². The summed E-state index contributed by atoms with van der Waals surface area (Å²) < 4.78 is 0. The highest BCUT2D eigenvalue weighted by Crippen LogP contribution is 2.31. The molecule has 4 heteroatoms. The molecule has 0 spiro atoms. The third-order valence-corrected chi connectivity index (χ3v) is 3.83. The van der Waals surface area contributed by atoms with Gasteiger partial charge in [0.1, 0.15) is 0 Å². The van der Waals surface area contributed by atoms with Crippen LogP contribution in [0.5, 0.6) is 0 Å². The molecule has 0 bridgehead atoms. The van der Waals surface area contributed by atoms with E-state index in [-0.39, 0.29) is 0 Å². The predicted octanol–water partition coefficient (Wildman–Crippen LogP) is 4.43. The summed E-state index contributed by atoms with van der Waals surface area (Å²) in [5.74, 6) is 0.555. The monoisotopic (exact) mass is 313 g/mol. The van der Waals surface area contributed by atoms with Crippen LogP contribution in [0, 0.1) is 13.8 Å². The Morgan fingerprint density at radius 3 is 2.22 bits per heavy atom. The van der Waals surface area contributed by atoms with Gasteiger partial charge in [0.25, 0.3) is 0 Å². The second-order valence-corrected chi connectivity index (χ2v) is 7.26. The van der Waals surface area contributed by atoms with Gasteiger partial charge in [0.2, 0.25) is 0 Å². The van der Waals surface area contributed by atoms with E-state index in [1.165, 1.54) is 16.2 Å². The van der Waals surface area contributed by atoms with Crippen molar-refractivity contribution in [3.05, 3.63) is 41.5 Å². The Morgan fingerprint density at radius 2 is 1.65 bits per heavy atom. The number of aromatic nitrogens is 1. The Kier molecular flexibility index (Phi) is 4.66. The molecular formula is C19H27N3O. The molecule has 0 aliphatic rings. The van der Waals surface area contributed by atoms with E-state index in [1.54, 1.807) is 0 Å². The highest BCUT2D eigenvalue weighted by Gasteiger charge is 2.22. The Labute approximate surface area is 139 Å². The zero-order chi connectivity index (χ0) is 17.4. The third kappa shape index (κ3) is 3.82. The van der Waals surface area contributed by atoms with Crippen LogP contribution in [0.4, 0.5) is 11.5 Å². The SMILES string of the molecule is Cc1ccc(C)c(-c2cc(N(C)C)cc(N(O)C(C)(C)C)n2)c1. The summed E-state index contributed by atoms with van der Waals surface area (Å²) in [5, 5.41) is 11.7. The van der Waals surface area contributed by atoms with Gasteiger partial charge in [-0.3, -0.25) is 5.21 Å². The molecule has 0 saturated heterocycles. The van der Waals surface area contributed by atoms with Gasteiger partial charge in [-0.1, -0.05) is 17.7 Å². The summed E-state index contributed by atoms with van der Waals surface area (Å²) >= 11 is 0. The molecule has 124 valence electrons. The van der Waals surface area contributed by atoms with E-state index in [1.807, 2.05) is 45.8 Å². The summed E-state index contributed by atoms with van der Waals surface area (Å²) in [6.45, 7) is 10.0. The largest absolute Gasteiger partial charge is 0.377 e. The quantitative estimate of drug-likeness (QED) is 0.851. The molecule has 4 nitrogen and oxygen atoms in total. The van der Waals surface area contributed by atoms with Gasteiger partial charge in [0, 0.05) is 31.4 Å². The second kappa shape index (κ2) is 6.20. The first-order valence-electron chi connectivity index (χ1n) is 7.86. The Morgan fingerprint density at radius 1 is 1.00 bits per heavy atom. The van der Waals surface area contributed by atoms with E-state index in [9.17, 15) is 5.21 Å². The number of hydrogen-bond donors (Lipinski definition) is 1. The van der Waals surface area contributed by atoms with E-state index in [0.29, 0.717) is 5.82 Å². The Hall–Kier alpha value is -2.07. The van der Waals surface area contributed by atoms with Crippen LogP contribution in [0.25, 0.3) is 11.3 Å². The van der Waals surface area contributed by atoms with Gasteiger partial charge in [-0.05, 0) is 52.3 Å². The van der Waals surface area contributed by atoms with Crippen molar-refractivity contribution in [3.8, 4) is 11.3 Å². The zero-order valence-electron chi connectivity index (χ0n) is 15.2. The van der Waals surface area contributed by atoms with E-state index >= 15 is 0 Å². The zero-order valence-corrected chi connectivity index (χ0v) is 15.2. The Balaban J connectivity index is 2.64. The molecule has 23 heavy (non-hydrogen) atoms. The van der Waals surface area contributed by atoms with Crippen LogP contribution in [0.3, 0.4) is 0 Å². The molecule has 1 heterocycles. The molecule has 1 aromatic carbocycles. The van der Waals surface area contributed by atoms with E-state index in [2.05, 4.69) is 38.1 Å². The van der Waals surface area contributed by atoms with Crippen molar-refractivity contribution >= 4 is 11.5 Å². The van der Waals surface area contributed by atoms with Crippen molar-refractivity contribution < 1.29 is 5.21 Å². The molecule has 2 rings (SSSR count). The molecule has 0 radical (unpaired) electrons. The van der Waals surface area contributed by atoms with Crippen molar-refractivity contribution in [3.63, 3.8) is 0 Å². The summed E-state index contributed by atoms with van der Waals surface area (Å²) in [5.41, 5.74) is 4.92. The van der Waals surface area contributed by atoms with Gasteiger partial charge < -0.3 is 4.90 Å². The van der Waals surface area contributed by atoms with E-state index in [0.717, 1.165) is 16.9 Å². The smallest absolute Gasteiger partial charge is 0.155 e. The molecule has 0 atom stereocenters. The van der Waals surface area contributed by atoms with Crippen molar-refractivity contribution in [2.45, 2.75) is 40.2 Å². The van der Waals surface area contributed by atoms with E-state index < -0.39 is 5.54 Å². The predicted molar refractivity (Wildman–Crippen MR) is 97.5 cm³/mol. The summed E-state index contributed by atoms with van der Waals surface area (Å²) in [6, 6.07) is 10.3. The minimum absolute atomic E-state index is 0.420. The van der Waals surface area contributed by atoms with E-state index in [4.69, 9.17) is 4.98 Å². The molecule has 0 saturated carbocycles. The van der Waals surface area contributed by atoms with Gasteiger partial charge in [0.05, 0.1) is 11.2 Å². The molecule has 0 fully saturated rings. The minimum atomic E-state index is -0.420. The fourth-order valence-electron chi connectivity index (χ4n) is 2.36. The maximum absolute atomic E-state index is 10.5. The number of pyridine rings is 1. The van der Waals surface area contributed by atoms with Gasteiger partial charge >= 0.3 is 0 Å². The average molecular weight is 313 g/mol. The molecule has 1 aromatic heterocycles. The fourth-order valence-corrected chi connectivity index (χ4v) is 2.36. The lowest BCUT2D eigenvalue weighted by Gasteiger charge is -2.31. The second-order valence-electron chi connectivity index (χ2n) is 7.26. The van der Waals surface area contributed by atoms with Crippen LogP contribution in [0.1, 0.15) is 31.9 Å². The van der Waals surface area contributed by atoms with Crippen LogP contribution in [-0.4, -0.2) is 29.8 Å². The highest BCUT2D eigenvalue weighted by atomic mass is 16.5. The van der Waals surface area contributed by atoms with Gasteiger partial charge in [-0.2, -0.15) is 0 Å². The number of rotatable bonds is 3. The van der Waals surface area contributed by atoms with Crippen molar-refractivity contribution in [1.29, 1.82) is 0 Å². The van der Waals surface area contributed by atoms with Crippen LogP contribution in [-0.2, 0) is 0 Å². The summed E-state index contributed by atoms with van der Waals surface area (Å²) in [4.78, 5) is 6.73. The lowest BCUT2D eigenvalue weighted by molar-refractivity contribution is 0.178. The first-order valence-corrected chi connectivity index (χ1v) is 7.86. The maximum Gasteiger partial charge on any atom is 0.155 e. The van der Waals surface area contributed by atoms with Crippen LogP contribution < -0.4 is 9.96 Å². The van der Waals surface area contributed by atoms with Gasteiger partial charge in [0.15, 0.2) is 5.82 Å². The topological polar surface area (TPSA) is 39.6 Å². The minimum Gasteiger partial charge on any atom is -0.377 e. The molecule has 0 amide bonds. The average Bonchev–Trinajstić information content (AvgIpc) is 2.47. The number of hydrogen-bond acceptors (Lipinski definition) is 4. The molecule has 2 aromatic rings. The maximum atomic E-state index is 10.5. The van der Waals surface area contributed by atoms with Crippen molar-refractivity contribution in [2.75, 3.05) is 24.1 Å². The van der Waals surface area contributed by atoms with Crippen LogP contribution in [0.15, 0.2) is 30.3 Å². The highest BCUT2D eigenvalue weighted by molar-refractivity contribution is 5.71. The first-order chi connectivity index (χ1) is 10.6. The summed E-state index contributed by atoms with van der Waals surface area (Å²) in [6.07, 6.45) is 0. The van der Waals surface area contributed by atoms with Gasteiger partial charge in [-0.15, -0.1) is 0 Å². The van der Waals surface area contributed by atoms with Crippen LogP contribution in [0.2, 0.25) is 0 Å². The first kappa shape index (κ1) is 17.3. The number of benzene rings is 1. The fraction of sp³-hybridized carbons (Fsp3) is 0.421.